The highest BCUT2D eigenvalue weighted by molar-refractivity contribution is 6.13. The summed E-state index contributed by atoms with van der Waals surface area (Å²) < 4.78 is 0. The van der Waals surface area contributed by atoms with E-state index in [1.807, 2.05) is 55.4 Å². The minimum Gasteiger partial charge on any atom is -0.398 e. The van der Waals surface area contributed by atoms with E-state index < -0.39 is 5.56 Å². The molecule has 5 aromatic rings. The molecule has 0 spiro atoms. The van der Waals surface area contributed by atoms with E-state index in [0.717, 1.165) is 44.5 Å². The number of aromatic nitrogens is 7. The largest absolute Gasteiger partial charge is 0.398 e. The molecule has 0 aliphatic heterocycles. The van der Waals surface area contributed by atoms with Crippen molar-refractivity contribution in [3.63, 3.8) is 0 Å². The molecule has 0 amide bonds. The first-order chi connectivity index (χ1) is 18.3. The van der Waals surface area contributed by atoms with Crippen molar-refractivity contribution in [1.29, 1.82) is 0 Å². The Kier molecular flexibility index (Phi) is 6.94. The molecule has 0 radical (unpaired) electrons. The third kappa shape index (κ3) is 4.29. The Balaban J connectivity index is 0.000000181. The predicted molar refractivity (Wildman–Crippen MR) is 152 cm³/mol. The summed E-state index contributed by atoms with van der Waals surface area (Å²) in [6.07, 6.45) is 0. The van der Waals surface area contributed by atoms with Crippen molar-refractivity contribution in [2.75, 3.05) is 5.73 Å². The van der Waals surface area contributed by atoms with Crippen LogP contribution in [-0.4, -0.2) is 41.6 Å². The van der Waals surface area contributed by atoms with E-state index >= 15 is 0 Å². The summed E-state index contributed by atoms with van der Waals surface area (Å²) in [7, 11) is 0. The lowest BCUT2D eigenvalue weighted by atomic mass is 9.89. The van der Waals surface area contributed by atoms with E-state index in [9.17, 15) is 14.4 Å². The third-order valence-electron chi connectivity index (χ3n) is 8.03. The van der Waals surface area contributed by atoms with Crippen molar-refractivity contribution in [3.8, 4) is 0 Å². The minimum atomic E-state index is -0.411. The number of H-pyrrole nitrogens is 3. The van der Waals surface area contributed by atoms with Gasteiger partial charge in [0.2, 0.25) is 11.2 Å². The van der Waals surface area contributed by atoms with Gasteiger partial charge < -0.3 is 10.7 Å². The molecule has 5 N–H and O–H groups in total. The smallest absolute Gasteiger partial charge is 0.278 e. The lowest BCUT2D eigenvalue weighted by Gasteiger charge is -2.16. The first kappa shape index (κ1) is 27.4. The molecule has 11 nitrogen and oxygen atoms in total. The molecule has 0 aliphatic carbocycles. The summed E-state index contributed by atoms with van der Waals surface area (Å²) in [5, 5.41) is 20.7. The molecule has 3 heterocycles. The molecule has 3 aromatic heterocycles. The van der Waals surface area contributed by atoms with E-state index in [1.54, 1.807) is 6.92 Å². The fourth-order valence-corrected chi connectivity index (χ4v) is 4.84. The van der Waals surface area contributed by atoms with E-state index in [4.69, 9.17) is 5.73 Å². The number of nitrogen functional groups attached to an aromatic ring is 1. The quantitative estimate of drug-likeness (QED) is 0.198. The summed E-state index contributed by atoms with van der Waals surface area (Å²) >= 11 is 0. The predicted octanol–water partition coefficient (Wildman–Crippen LogP) is 3.55. The number of benzene rings is 2. The van der Waals surface area contributed by atoms with E-state index in [0.29, 0.717) is 33.5 Å². The molecular formula is C28H32N8O3. The van der Waals surface area contributed by atoms with Crippen LogP contribution < -0.4 is 16.7 Å². The van der Waals surface area contributed by atoms with Gasteiger partial charge in [0.25, 0.3) is 5.56 Å². The van der Waals surface area contributed by atoms with Crippen LogP contribution in [0.15, 0.2) is 9.59 Å². The average Bonchev–Trinajstić information content (AvgIpc) is 3.55. The molecule has 0 unspecified atom stereocenters. The van der Waals surface area contributed by atoms with Crippen LogP contribution in [0.2, 0.25) is 0 Å². The number of hydrogen-bond donors (Lipinski definition) is 4. The Morgan fingerprint density at radius 1 is 0.641 bits per heavy atom. The number of ketones is 1. The van der Waals surface area contributed by atoms with Crippen LogP contribution in [0.4, 0.5) is 5.69 Å². The normalized spacial score (nSPS) is 11.1. The van der Waals surface area contributed by atoms with Crippen LogP contribution in [0.5, 0.6) is 0 Å². The molecule has 202 valence electrons. The zero-order chi connectivity index (χ0) is 28.9. The number of fused-ring (bicyclic) bond motifs is 2. The number of hydrogen-bond acceptors (Lipinski definition) is 8. The number of nitrogens with two attached hydrogens (primary N) is 1. The number of carbonyl (C=O) groups excluding carboxylic acids is 1. The summed E-state index contributed by atoms with van der Waals surface area (Å²) in [4.78, 5) is 40.2. The SMILES string of the molecule is Cc1c(C)c(C)c2c(=O)c3n[nH]nc3c(=O)[nH]c2c1C.Cc1n[nH]nc1C(=O)c1c(C)c(C)c(C)c(C)c1N. The second-order valence-corrected chi connectivity index (χ2v) is 9.93. The van der Waals surface area contributed by atoms with Gasteiger partial charge in [0.15, 0.2) is 16.7 Å². The van der Waals surface area contributed by atoms with Gasteiger partial charge in [0.05, 0.1) is 22.2 Å². The van der Waals surface area contributed by atoms with Gasteiger partial charge in [0, 0.05) is 5.69 Å². The van der Waals surface area contributed by atoms with Crippen molar-refractivity contribution in [1.82, 2.24) is 35.8 Å². The Morgan fingerprint density at radius 2 is 1.18 bits per heavy atom. The van der Waals surface area contributed by atoms with Crippen molar-refractivity contribution in [2.45, 2.75) is 62.3 Å². The minimum absolute atomic E-state index is 0.0420. The molecule has 0 fully saturated rings. The number of aryl methyl sites for hydroxylation is 3. The second kappa shape index (κ2) is 9.90. The number of carbonyl (C=O) groups is 1. The zero-order valence-corrected chi connectivity index (χ0v) is 23.6. The summed E-state index contributed by atoms with van der Waals surface area (Å²) in [6, 6.07) is 0. The molecule has 0 saturated heterocycles. The van der Waals surface area contributed by atoms with Gasteiger partial charge in [-0.25, -0.2) is 0 Å². The van der Waals surface area contributed by atoms with E-state index in [1.165, 1.54) is 0 Å². The summed E-state index contributed by atoms with van der Waals surface area (Å²) in [6.45, 7) is 17.4. The van der Waals surface area contributed by atoms with Crippen LogP contribution in [0.1, 0.15) is 66.3 Å². The molecule has 5 rings (SSSR count). The lowest BCUT2D eigenvalue weighted by molar-refractivity contribution is 0.103. The number of nitrogens with one attached hydrogen (secondary N) is 3. The van der Waals surface area contributed by atoms with Gasteiger partial charge >= 0.3 is 0 Å². The van der Waals surface area contributed by atoms with Crippen LogP contribution in [-0.2, 0) is 0 Å². The second-order valence-electron chi connectivity index (χ2n) is 9.93. The highest BCUT2D eigenvalue weighted by Gasteiger charge is 2.23. The van der Waals surface area contributed by atoms with Gasteiger partial charge in [-0.2, -0.15) is 30.8 Å². The highest BCUT2D eigenvalue weighted by Crippen LogP contribution is 2.30. The number of anilines is 1. The molecule has 0 bridgehead atoms. The Bertz CT molecular complexity index is 1900. The van der Waals surface area contributed by atoms with Gasteiger partial charge in [0.1, 0.15) is 0 Å². The molecule has 0 atom stereocenters. The Morgan fingerprint density at radius 3 is 1.79 bits per heavy atom. The molecule has 0 saturated carbocycles. The maximum absolute atomic E-state index is 12.7. The fraction of sp³-hybridized carbons (Fsp3) is 0.321. The van der Waals surface area contributed by atoms with Crippen LogP contribution >= 0.6 is 0 Å². The molecule has 11 heteroatoms. The molecule has 0 aliphatic rings. The van der Waals surface area contributed by atoms with Gasteiger partial charge in [-0.3, -0.25) is 14.4 Å². The van der Waals surface area contributed by atoms with Crippen LogP contribution in [0.3, 0.4) is 0 Å². The number of aromatic amines is 3. The molecular weight excluding hydrogens is 496 g/mol. The monoisotopic (exact) mass is 528 g/mol. The zero-order valence-electron chi connectivity index (χ0n) is 23.6. The maximum atomic E-state index is 12.7. The Labute approximate surface area is 224 Å². The summed E-state index contributed by atoms with van der Waals surface area (Å²) in [5.74, 6) is -0.174. The van der Waals surface area contributed by atoms with Gasteiger partial charge in [-0.1, -0.05) is 0 Å². The average molecular weight is 529 g/mol. The standard InChI is InChI=1S/C14H14N4O2.C14H18N4O/c1-5-6(2)8(4)10-9(7(5)3)13(19)11-12(14(20)15-10)17-18-16-11;1-6-7(2)9(4)12(15)11(8(6)3)14(19)13-10(5)16-18-17-13/h1-4H3,(H,15,20)(H,16,17,18);15H2,1-5H3,(H,16,17,18). The lowest BCUT2D eigenvalue weighted by Crippen LogP contribution is -2.13. The maximum Gasteiger partial charge on any atom is 0.278 e. The van der Waals surface area contributed by atoms with Crippen LogP contribution in [0.25, 0.3) is 21.9 Å². The fourth-order valence-electron chi connectivity index (χ4n) is 4.84. The van der Waals surface area contributed by atoms with Gasteiger partial charge in [-0.15, -0.1) is 0 Å². The number of nitrogens with zero attached hydrogens (tertiary/aromatic N) is 4. The van der Waals surface area contributed by atoms with Crippen molar-refractivity contribution >= 4 is 33.4 Å². The van der Waals surface area contributed by atoms with Gasteiger partial charge in [-0.05, 0) is 107 Å². The molecule has 2 aromatic carbocycles. The first-order valence-electron chi connectivity index (χ1n) is 12.4. The third-order valence-corrected chi connectivity index (χ3v) is 8.03. The summed E-state index contributed by atoms with van der Waals surface area (Å²) in [5.41, 5.74) is 16.1. The van der Waals surface area contributed by atoms with Crippen molar-refractivity contribution in [2.24, 2.45) is 0 Å². The van der Waals surface area contributed by atoms with Crippen LogP contribution in [0, 0.1) is 62.3 Å². The Hall–Kier alpha value is -4.67. The van der Waals surface area contributed by atoms with Crippen molar-refractivity contribution < 1.29 is 4.79 Å². The van der Waals surface area contributed by atoms with E-state index in [2.05, 4.69) is 35.8 Å². The number of rotatable bonds is 2. The van der Waals surface area contributed by atoms with E-state index in [-0.39, 0.29) is 22.2 Å². The first-order valence-corrected chi connectivity index (χ1v) is 12.4. The molecule has 39 heavy (non-hydrogen) atoms. The van der Waals surface area contributed by atoms with Crippen molar-refractivity contribution in [3.05, 3.63) is 82.0 Å². The highest BCUT2D eigenvalue weighted by atomic mass is 16.1. The topological polar surface area (TPSA) is 176 Å².